The maximum absolute atomic E-state index is 12.8. The quantitative estimate of drug-likeness (QED) is 0.636. The van der Waals surface area contributed by atoms with Crippen LogP contribution in [0.15, 0.2) is 18.3 Å². The molecule has 0 atom stereocenters. The van der Waals surface area contributed by atoms with Gasteiger partial charge in [-0.3, -0.25) is 9.20 Å². The lowest BCUT2D eigenvalue weighted by Gasteiger charge is -2.24. The summed E-state index contributed by atoms with van der Waals surface area (Å²) in [6.07, 6.45) is 2.76. The molecule has 7 nitrogen and oxygen atoms in total. The lowest BCUT2D eigenvalue weighted by atomic mass is 10.2. The lowest BCUT2D eigenvalue weighted by Crippen LogP contribution is -2.33. The first-order chi connectivity index (χ1) is 12.9. The molecule has 0 saturated heterocycles. The smallest absolute Gasteiger partial charge is 0.255 e. The van der Waals surface area contributed by atoms with E-state index in [1.165, 1.54) is 0 Å². The fraction of sp³-hybridized carbons (Fsp3) is 0.600. The molecule has 2 aromatic heterocycles. The molecule has 7 heteroatoms. The zero-order chi connectivity index (χ0) is 20.0. The maximum Gasteiger partial charge on any atom is 0.255 e. The van der Waals surface area contributed by atoms with Crippen LogP contribution in [0.2, 0.25) is 0 Å². The van der Waals surface area contributed by atoms with Crippen LogP contribution in [0, 0.1) is 0 Å². The van der Waals surface area contributed by atoms with E-state index in [4.69, 9.17) is 9.72 Å². The van der Waals surface area contributed by atoms with Gasteiger partial charge in [0.2, 0.25) is 0 Å². The number of ether oxygens (including phenoxy) is 1. The molecule has 0 saturated carbocycles. The van der Waals surface area contributed by atoms with Gasteiger partial charge in [-0.05, 0) is 39.6 Å². The number of fused-ring (bicyclic) bond motifs is 1. The van der Waals surface area contributed by atoms with Gasteiger partial charge in [0.15, 0.2) is 0 Å². The number of hydrogen-bond donors (Lipinski definition) is 0. The third-order valence-corrected chi connectivity index (χ3v) is 4.72. The average Bonchev–Trinajstić information content (AvgIpc) is 3.04. The van der Waals surface area contributed by atoms with E-state index in [-0.39, 0.29) is 5.91 Å². The SMILES string of the molecule is CCc1nc2ccc(C(=O)N(C)CCN(C)C)cn2c1N(CC)CCOC. The Labute approximate surface area is 162 Å². The number of amides is 1. The molecule has 0 aliphatic carbocycles. The van der Waals surface area contributed by atoms with Crippen molar-refractivity contribution in [3.8, 4) is 0 Å². The minimum Gasteiger partial charge on any atom is -0.383 e. The highest BCUT2D eigenvalue weighted by Gasteiger charge is 2.19. The molecule has 2 rings (SSSR count). The number of pyridine rings is 1. The third-order valence-electron chi connectivity index (χ3n) is 4.72. The van der Waals surface area contributed by atoms with Gasteiger partial charge in [-0.1, -0.05) is 6.92 Å². The van der Waals surface area contributed by atoms with Crippen molar-refractivity contribution < 1.29 is 9.53 Å². The molecule has 2 heterocycles. The summed E-state index contributed by atoms with van der Waals surface area (Å²) < 4.78 is 7.31. The van der Waals surface area contributed by atoms with Gasteiger partial charge in [0.05, 0.1) is 17.9 Å². The lowest BCUT2D eigenvalue weighted by molar-refractivity contribution is 0.0786. The fourth-order valence-electron chi connectivity index (χ4n) is 3.07. The molecule has 0 fully saturated rings. The number of nitrogens with zero attached hydrogens (tertiary/aromatic N) is 5. The Hall–Kier alpha value is -2.12. The number of imidazole rings is 1. The van der Waals surface area contributed by atoms with E-state index >= 15 is 0 Å². The predicted molar refractivity (Wildman–Crippen MR) is 110 cm³/mol. The summed E-state index contributed by atoms with van der Waals surface area (Å²) in [6, 6.07) is 3.80. The highest BCUT2D eigenvalue weighted by molar-refractivity contribution is 5.94. The van der Waals surface area contributed by atoms with Crippen LogP contribution in [-0.4, -0.2) is 86.1 Å². The first-order valence-electron chi connectivity index (χ1n) is 9.57. The van der Waals surface area contributed by atoms with Gasteiger partial charge < -0.3 is 19.4 Å². The molecule has 0 bridgehead atoms. The monoisotopic (exact) mass is 375 g/mol. The zero-order valence-corrected chi connectivity index (χ0v) is 17.5. The summed E-state index contributed by atoms with van der Waals surface area (Å²) in [7, 11) is 7.57. The first kappa shape index (κ1) is 21.2. The topological polar surface area (TPSA) is 53.3 Å². The van der Waals surface area contributed by atoms with Crippen LogP contribution < -0.4 is 4.90 Å². The molecular formula is C20H33N5O2. The second kappa shape index (κ2) is 9.71. The van der Waals surface area contributed by atoms with Crippen molar-refractivity contribution in [3.63, 3.8) is 0 Å². The molecule has 0 aromatic carbocycles. The molecule has 0 aliphatic rings. The van der Waals surface area contributed by atoms with Gasteiger partial charge in [-0.25, -0.2) is 4.98 Å². The second-order valence-electron chi connectivity index (χ2n) is 6.98. The van der Waals surface area contributed by atoms with Crippen molar-refractivity contribution in [2.24, 2.45) is 0 Å². The molecule has 0 spiro atoms. The second-order valence-corrected chi connectivity index (χ2v) is 6.98. The Bertz CT molecular complexity index is 756. The van der Waals surface area contributed by atoms with Crippen LogP contribution in [0.25, 0.3) is 5.65 Å². The van der Waals surface area contributed by atoms with E-state index in [1.807, 2.05) is 43.9 Å². The van der Waals surface area contributed by atoms with E-state index < -0.39 is 0 Å². The van der Waals surface area contributed by atoms with Crippen molar-refractivity contribution in [3.05, 3.63) is 29.6 Å². The van der Waals surface area contributed by atoms with Gasteiger partial charge in [0, 0.05) is 46.5 Å². The van der Waals surface area contributed by atoms with Crippen LogP contribution in [0.3, 0.4) is 0 Å². The molecule has 27 heavy (non-hydrogen) atoms. The summed E-state index contributed by atoms with van der Waals surface area (Å²) in [5.41, 5.74) is 2.58. The number of hydrogen-bond acceptors (Lipinski definition) is 5. The number of carbonyl (C=O) groups excluding carboxylic acids is 1. The van der Waals surface area contributed by atoms with E-state index in [0.29, 0.717) is 18.7 Å². The molecule has 0 aliphatic heterocycles. The summed E-state index contributed by atoms with van der Waals surface area (Å²) in [4.78, 5) is 23.7. The highest BCUT2D eigenvalue weighted by Crippen LogP contribution is 2.24. The van der Waals surface area contributed by atoms with E-state index in [0.717, 1.165) is 43.2 Å². The normalized spacial score (nSPS) is 11.4. The summed E-state index contributed by atoms with van der Waals surface area (Å²) in [5, 5.41) is 0. The first-order valence-corrected chi connectivity index (χ1v) is 9.57. The molecule has 0 unspecified atom stereocenters. The van der Waals surface area contributed by atoms with Crippen LogP contribution >= 0.6 is 0 Å². The van der Waals surface area contributed by atoms with Crippen LogP contribution in [0.4, 0.5) is 5.82 Å². The van der Waals surface area contributed by atoms with E-state index in [2.05, 4.69) is 23.6 Å². The van der Waals surface area contributed by atoms with Crippen LogP contribution in [-0.2, 0) is 11.2 Å². The standard InChI is InChI=1S/C20H33N5O2/c1-7-17-19(24(8-2)13-14-27-6)25-15-16(9-10-18(25)21-17)20(26)23(5)12-11-22(3)4/h9-10,15H,7-8,11-14H2,1-6H3. The molecular weight excluding hydrogens is 342 g/mol. The number of carbonyl (C=O) groups is 1. The van der Waals surface area contributed by atoms with E-state index in [9.17, 15) is 4.79 Å². The largest absolute Gasteiger partial charge is 0.383 e. The van der Waals surface area contributed by atoms with Gasteiger partial charge in [-0.2, -0.15) is 0 Å². The Balaban J connectivity index is 2.39. The van der Waals surface area contributed by atoms with Crippen molar-refractivity contribution in [2.75, 3.05) is 65.9 Å². The average molecular weight is 376 g/mol. The molecule has 0 N–H and O–H groups in total. The minimum atomic E-state index is 0.0244. The Morgan fingerprint density at radius 1 is 1.15 bits per heavy atom. The number of rotatable bonds is 10. The number of anilines is 1. The van der Waals surface area contributed by atoms with Crippen molar-refractivity contribution in [1.82, 2.24) is 19.2 Å². The Morgan fingerprint density at radius 3 is 2.48 bits per heavy atom. The maximum atomic E-state index is 12.8. The zero-order valence-electron chi connectivity index (χ0n) is 17.5. The number of methoxy groups -OCH3 is 1. The van der Waals surface area contributed by atoms with Crippen molar-refractivity contribution in [1.29, 1.82) is 0 Å². The predicted octanol–water partition coefficient (Wildman–Crippen LogP) is 2.00. The molecule has 1 amide bonds. The minimum absolute atomic E-state index is 0.0244. The van der Waals surface area contributed by atoms with Crippen LogP contribution in [0.5, 0.6) is 0 Å². The Kier molecular flexibility index (Phi) is 7.62. The number of likely N-dealkylation sites (N-methyl/N-ethyl adjacent to an activating group) is 3. The van der Waals surface area contributed by atoms with Crippen LogP contribution in [0.1, 0.15) is 29.9 Å². The van der Waals surface area contributed by atoms with Crippen molar-refractivity contribution in [2.45, 2.75) is 20.3 Å². The number of aryl methyl sites for hydroxylation is 1. The summed E-state index contributed by atoms with van der Waals surface area (Å²) in [6.45, 7) is 8.04. The van der Waals surface area contributed by atoms with Gasteiger partial charge >= 0.3 is 0 Å². The van der Waals surface area contributed by atoms with Gasteiger partial charge in [-0.15, -0.1) is 0 Å². The Morgan fingerprint density at radius 2 is 1.89 bits per heavy atom. The molecule has 0 radical (unpaired) electrons. The van der Waals surface area contributed by atoms with E-state index in [1.54, 1.807) is 12.0 Å². The van der Waals surface area contributed by atoms with Crippen molar-refractivity contribution >= 4 is 17.4 Å². The highest BCUT2D eigenvalue weighted by atomic mass is 16.5. The summed E-state index contributed by atoms with van der Waals surface area (Å²) in [5.74, 6) is 1.08. The summed E-state index contributed by atoms with van der Waals surface area (Å²) >= 11 is 0. The number of aromatic nitrogens is 2. The fourth-order valence-corrected chi connectivity index (χ4v) is 3.07. The molecule has 2 aromatic rings. The molecule has 150 valence electrons. The van der Waals surface area contributed by atoms with Gasteiger partial charge in [0.1, 0.15) is 11.5 Å². The van der Waals surface area contributed by atoms with Gasteiger partial charge in [0.25, 0.3) is 5.91 Å². The third kappa shape index (κ3) is 4.99.